The summed E-state index contributed by atoms with van der Waals surface area (Å²) in [6.45, 7) is 4.30. The van der Waals surface area contributed by atoms with Crippen molar-refractivity contribution in [1.82, 2.24) is 15.0 Å². The van der Waals surface area contributed by atoms with Crippen molar-refractivity contribution in [1.29, 1.82) is 0 Å². The molecule has 0 aliphatic heterocycles. The second-order valence-electron chi connectivity index (χ2n) is 7.66. The molecular weight excluding hydrogens is 416 g/mol. The zero-order chi connectivity index (χ0) is 22.0. The van der Waals surface area contributed by atoms with E-state index >= 15 is 0 Å². The summed E-state index contributed by atoms with van der Waals surface area (Å²) in [5.41, 5.74) is 3.99. The number of nitrogens with zero attached hydrogens (tertiary/aromatic N) is 3. The SMILES string of the molecule is CCOc1cc(C=NNC(=O)Cn2cnc3sc4c(c3c2=O)CCC(C)C4)ccc1O. The first kappa shape index (κ1) is 21.0. The van der Waals surface area contributed by atoms with Gasteiger partial charge in [-0.3, -0.25) is 14.2 Å². The second kappa shape index (κ2) is 8.89. The molecule has 1 aromatic carbocycles. The van der Waals surface area contributed by atoms with Crippen molar-refractivity contribution in [2.45, 2.75) is 39.7 Å². The van der Waals surface area contributed by atoms with Crippen molar-refractivity contribution >= 4 is 33.7 Å². The Morgan fingerprint density at radius 2 is 2.32 bits per heavy atom. The van der Waals surface area contributed by atoms with Crippen LogP contribution in [0.15, 0.2) is 34.4 Å². The molecule has 2 N–H and O–H groups in total. The largest absolute Gasteiger partial charge is 0.504 e. The standard InChI is InChI=1S/C22H24N4O4S/c1-3-30-17-9-14(5-7-16(17)27)10-24-25-19(28)11-26-12-23-21-20(22(26)29)15-6-4-13(2)8-18(15)31-21/h5,7,9-10,12-13,27H,3-4,6,8,11H2,1-2H3,(H,25,28). The lowest BCUT2D eigenvalue weighted by Crippen LogP contribution is -2.30. The molecule has 4 rings (SSSR count). The van der Waals surface area contributed by atoms with Gasteiger partial charge in [0, 0.05) is 4.88 Å². The molecule has 31 heavy (non-hydrogen) atoms. The number of hydrazone groups is 1. The van der Waals surface area contributed by atoms with Gasteiger partial charge in [-0.25, -0.2) is 10.4 Å². The van der Waals surface area contributed by atoms with E-state index in [-0.39, 0.29) is 17.9 Å². The summed E-state index contributed by atoms with van der Waals surface area (Å²) in [7, 11) is 0. The van der Waals surface area contributed by atoms with Crippen LogP contribution in [0.4, 0.5) is 0 Å². The fourth-order valence-corrected chi connectivity index (χ4v) is 5.07. The number of ether oxygens (including phenoxy) is 1. The summed E-state index contributed by atoms with van der Waals surface area (Å²) < 4.78 is 6.65. The molecule has 162 valence electrons. The lowest BCUT2D eigenvalue weighted by molar-refractivity contribution is -0.121. The van der Waals surface area contributed by atoms with Gasteiger partial charge in [-0.1, -0.05) is 6.92 Å². The molecule has 8 nitrogen and oxygen atoms in total. The molecule has 2 heterocycles. The summed E-state index contributed by atoms with van der Waals surface area (Å²) >= 11 is 1.59. The Kier molecular flexibility index (Phi) is 6.03. The third kappa shape index (κ3) is 4.46. The average molecular weight is 441 g/mol. The molecule has 0 fully saturated rings. The van der Waals surface area contributed by atoms with Crippen LogP contribution in [0.2, 0.25) is 0 Å². The molecule has 0 bridgehead atoms. The minimum atomic E-state index is -0.430. The smallest absolute Gasteiger partial charge is 0.262 e. The van der Waals surface area contributed by atoms with Crippen molar-refractivity contribution in [3.63, 3.8) is 0 Å². The van der Waals surface area contributed by atoms with E-state index in [0.717, 1.165) is 29.7 Å². The van der Waals surface area contributed by atoms with Crippen LogP contribution >= 0.6 is 11.3 Å². The number of aromatic nitrogens is 2. The number of carbonyl (C=O) groups is 1. The first-order chi connectivity index (χ1) is 15.0. The third-order valence-electron chi connectivity index (χ3n) is 5.28. The number of hydrogen-bond acceptors (Lipinski definition) is 7. The summed E-state index contributed by atoms with van der Waals surface area (Å²) in [5.74, 6) is 0.568. The maximum atomic E-state index is 13.0. The van der Waals surface area contributed by atoms with Gasteiger partial charge in [-0.05, 0) is 61.4 Å². The van der Waals surface area contributed by atoms with Crippen molar-refractivity contribution in [3.8, 4) is 11.5 Å². The third-order valence-corrected chi connectivity index (χ3v) is 6.45. The number of benzene rings is 1. The van der Waals surface area contributed by atoms with E-state index in [0.29, 0.717) is 29.2 Å². The Labute approximate surface area is 183 Å². The summed E-state index contributed by atoms with van der Waals surface area (Å²) in [4.78, 5) is 31.7. The fourth-order valence-electron chi connectivity index (χ4n) is 3.73. The number of rotatable bonds is 6. The van der Waals surface area contributed by atoms with E-state index in [4.69, 9.17) is 4.74 Å². The lowest BCUT2D eigenvalue weighted by atomic mass is 9.89. The number of fused-ring (bicyclic) bond motifs is 3. The van der Waals surface area contributed by atoms with Gasteiger partial charge in [0.15, 0.2) is 11.5 Å². The molecular formula is C22H24N4O4S. The van der Waals surface area contributed by atoms with Gasteiger partial charge in [-0.15, -0.1) is 11.3 Å². The lowest BCUT2D eigenvalue weighted by Gasteiger charge is -2.17. The van der Waals surface area contributed by atoms with Crippen LogP contribution in [0.1, 0.15) is 36.3 Å². The van der Waals surface area contributed by atoms with E-state index in [1.807, 2.05) is 6.92 Å². The fraction of sp³-hybridized carbons (Fsp3) is 0.364. The van der Waals surface area contributed by atoms with Crippen LogP contribution in [0, 0.1) is 5.92 Å². The Balaban J connectivity index is 1.46. The number of thiophene rings is 1. The predicted octanol–water partition coefficient (Wildman–Crippen LogP) is 2.84. The van der Waals surface area contributed by atoms with E-state index in [2.05, 4.69) is 22.4 Å². The molecule has 1 aliphatic rings. The minimum Gasteiger partial charge on any atom is -0.504 e. The number of aryl methyl sites for hydroxylation is 1. The van der Waals surface area contributed by atoms with E-state index in [1.165, 1.54) is 28.1 Å². The Morgan fingerprint density at radius 3 is 3.13 bits per heavy atom. The first-order valence-electron chi connectivity index (χ1n) is 10.2. The van der Waals surface area contributed by atoms with Gasteiger partial charge >= 0.3 is 0 Å². The first-order valence-corrected chi connectivity index (χ1v) is 11.0. The molecule has 1 unspecified atom stereocenters. The van der Waals surface area contributed by atoms with E-state index in [9.17, 15) is 14.7 Å². The van der Waals surface area contributed by atoms with Crippen molar-refractivity contribution in [2.75, 3.05) is 6.61 Å². The molecule has 9 heteroatoms. The molecule has 1 aliphatic carbocycles. The highest BCUT2D eigenvalue weighted by molar-refractivity contribution is 7.18. The van der Waals surface area contributed by atoms with Crippen LogP contribution in [0.5, 0.6) is 11.5 Å². The molecule has 3 aromatic rings. The van der Waals surface area contributed by atoms with Crippen LogP contribution in [0.3, 0.4) is 0 Å². The van der Waals surface area contributed by atoms with E-state index in [1.54, 1.807) is 23.5 Å². The van der Waals surface area contributed by atoms with Gasteiger partial charge in [0.2, 0.25) is 0 Å². The van der Waals surface area contributed by atoms with E-state index < -0.39 is 5.91 Å². The van der Waals surface area contributed by atoms with Crippen LogP contribution < -0.4 is 15.7 Å². The number of hydrogen-bond donors (Lipinski definition) is 2. The Bertz CT molecular complexity index is 1210. The maximum absolute atomic E-state index is 13.0. The summed E-state index contributed by atoms with van der Waals surface area (Å²) in [6.07, 6.45) is 5.79. The van der Waals surface area contributed by atoms with Gasteiger partial charge in [0.25, 0.3) is 11.5 Å². The molecule has 1 amide bonds. The maximum Gasteiger partial charge on any atom is 0.262 e. The zero-order valence-electron chi connectivity index (χ0n) is 17.4. The van der Waals surface area contributed by atoms with Gasteiger partial charge in [0.05, 0.1) is 24.5 Å². The zero-order valence-corrected chi connectivity index (χ0v) is 18.2. The molecule has 2 aromatic heterocycles. The van der Waals surface area contributed by atoms with Crippen LogP contribution in [0.25, 0.3) is 10.2 Å². The van der Waals surface area contributed by atoms with Crippen molar-refractivity contribution in [3.05, 3.63) is 50.9 Å². The van der Waals surface area contributed by atoms with Crippen LogP contribution in [-0.4, -0.2) is 33.4 Å². The normalized spacial score (nSPS) is 15.9. The molecule has 0 saturated carbocycles. The van der Waals surface area contributed by atoms with Crippen molar-refractivity contribution in [2.24, 2.45) is 11.0 Å². The Hall–Kier alpha value is -3.20. The van der Waals surface area contributed by atoms with Gasteiger partial charge in [-0.2, -0.15) is 5.10 Å². The molecule has 0 spiro atoms. The number of amides is 1. The van der Waals surface area contributed by atoms with Gasteiger partial charge in [0.1, 0.15) is 11.4 Å². The highest BCUT2D eigenvalue weighted by Crippen LogP contribution is 2.35. The number of phenols is 1. The number of phenolic OH excluding ortho intramolecular Hbond substituents is 1. The predicted molar refractivity (Wildman–Crippen MR) is 120 cm³/mol. The van der Waals surface area contributed by atoms with Gasteiger partial charge < -0.3 is 9.84 Å². The Morgan fingerprint density at radius 1 is 1.48 bits per heavy atom. The quantitative estimate of drug-likeness (QED) is 0.453. The minimum absolute atomic E-state index is 0.0374. The van der Waals surface area contributed by atoms with Crippen molar-refractivity contribution < 1.29 is 14.6 Å². The number of nitrogens with one attached hydrogen (secondary N) is 1. The summed E-state index contributed by atoms with van der Waals surface area (Å²) in [5, 5.41) is 14.3. The molecule has 1 atom stereocenters. The average Bonchev–Trinajstić information content (AvgIpc) is 3.11. The second-order valence-corrected chi connectivity index (χ2v) is 8.75. The highest BCUT2D eigenvalue weighted by Gasteiger charge is 2.23. The molecule has 0 saturated heterocycles. The number of aromatic hydroxyl groups is 1. The highest BCUT2D eigenvalue weighted by atomic mass is 32.1. The van der Waals surface area contributed by atoms with Crippen LogP contribution in [-0.2, 0) is 24.2 Å². The monoisotopic (exact) mass is 440 g/mol. The summed E-state index contributed by atoms with van der Waals surface area (Å²) in [6, 6.07) is 4.77. The number of carbonyl (C=O) groups excluding carboxylic acids is 1. The molecule has 0 radical (unpaired) electrons. The topological polar surface area (TPSA) is 106 Å².